The number of imide groups is 1. The molecule has 4 rings (SSSR count). The largest absolute Gasteiger partial charge is 0.443 e. The molecule has 6 heteroatoms. The summed E-state index contributed by atoms with van der Waals surface area (Å²) in [5, 5.41) is 11.2. The van der Waals surface area contributed by atoms with Crippen molar-refractivity contribution in [3.8, 4) is 11.1 Å². The Morgan fingerprint density at radius 2 is 1.67 bits per heavy atom. The summed E-state index contributed by atoms with van der Waals surface area (Å²) in [5.74, 6) is -0.984. The molecule has 0 radical (unpaired) electrons. The van der Waals surface area contributed by atoms with Crippen LogP contribution in [0.15, 0.2) is 54.6 Å². The smallest absolute Gasteiger partial charge is 0.417 e. The second-order valence-electron chi connectivity index (χ2n) is 10.1. The van der Waals surface area contributed by atoms with Crippen molar-refractivity contribution in [3.63, 3.8) is 0 Å². The van der Waals surface area contributed by atoms with Gasteiger partial charge in [0.1, 0.15) is 5.60 Å². The maximum atomic E-state index is 13.4. The lowest BCUT2D eigenvalue weighted by atomic mass is 9.79. The molecule has 0 aromatic heterocycles. The minimum Gasteiger partial charge on any atom is -0.443 e. The van der Waals surface area contributed by atoms with Crippen LogP contribution in [-0.4, -0.2) is 52.5 Å². The van der Waals surface area contributed by atoms with Gasteiger partial charge < -0.3 is 14.6 Å². The molecule has 0 bridgehead atoms. The summed E-state index contributed by atoms with van der Waals surface area (Å²) in [7, 11) is 0. The summed E-state index contributed by atoms with van der Waals surface area (Å²) in [5.41, 5.74) is 1.41. The highest BCUT2D eigenvalue weighted by molar-refractivity contribution is 5.96. The number of benzene rings is 2. The molecular formula is C27H33NO5. The molecule has 6 nitrogen and oxygen atoms in total. The first kappa shape index (κ1) is 23.5. The van der Waals surface area contributed by atoms with E-state index in [1.807, 2.05) is 30.3 Å². The van der Waals surface area contributed by atoms with Crippen LogP contribution >= 0.6 is 0 Å². The van der Waals surface area contributed by atoms with Gasteiger partial charge in [0.25, 0.3) is 0 Å². The molecule has 2 atom stereocenters. The maximum Gasteiger partial charge on any atom is 0.417 e. The van der Waals surface area contributed by atoms with Crippen molar-refractivity contribution in [2.45, 2.75) is 63.7 Å². The Morgan fingerprint density at radius 1 is 1.06 bits per heavy atom. The molecule has 0 aliphatic carbocycles. The van der Waals surface area contributed by atoms with E-state index >= 15 is 0 Å². The van der Waals surface area contributed by atoms with Gasteiger partial charge in [-0.15, -0.1) is 0 Å². The third-order valence-electron chi connectivity index (χ3n) is 6.54. The van der Waals surface area contributed by atoms with Gasteiger partial charge in [-0.25, -0.2) is 9.69 Å². The molecule has 33 heavy (non-hydrogen) atoms. The molecule has 0 saturated carbocycles. The lowest BCUT2D eigenvalue weighted by Gasteiger charge is -2.36. The van der Waals surface area contributed by atoms with E-state index < -0.39 is 23.2 Å². The highest BCUT2D eigenvalue weighted by Gasteiger charge is 2.53. The lowest BCUT2D eigenvalue weighted by Crippen LogP contribution is -2.48. The average molecular weight is 452 g/mol. The van der Waals surface area contributed by atoms with Crippen LogP contribution < -0.4 is 0 Å². The second-order valence-corrected chi connectivity index (χ2v) is 10.1. The van der Waals surface area contributed by atoms with Crippen molar-refractivity contribution in [1.82, 2.24) is 4.90 Å². The Labute approximate surface area is 195 Å². The summed E-state index contributed by atoms with van der Waals surface area (Å²) in [6.45, 7) is 6.18. The van der Waals surface area contributed by atoms with Crippen molar-refractivity contribution < 1.29 is 24.2 Å². The standard InChI is InChI=1S/C27H33NO5/c1-26(2,3)33-25(30)28-22(18-23(24(28)29)27(31)13-15-32-16-14-27)17-19-9-11-21(12-10-19)20-7-5-4-6-8-20/h4-12,22-23,31H,13-18H2,1-3H3/t22-,23?/m1/s1. The van der Waals surface area contributed by atoms with E-state index in [0.717, 1.165) is 16.7 Å². The van der Waals surface area contributed by atoms with Gasteiger partial charge in [-0.05, 0) is 50.3 Å². The van der Waals surface area contributed by atoms with Crippen molar-refractivity contribution in [2.24, 2.45) is 5.92 Å². The Kier molecular flexibility index (Phi) is 6.59. The summed E-state index contributed by atoms with van der Waals surface area (Å²) in [4.78, 5) is 27.7. The number of carbonyl (C=O) groups excluding carboxylic acids is 2. The van der Waals surface area contributed by atoms with Gasteiger partial charge in [0, 0.05) is 32.1 Å². The molecule has 0 spiro atoms. The fourth-order valence-corrected chi connectivity index (χ4v) is 4.81. The summed E-state index contributed by atoms with van der Waals surface area (Å²) in [6, 6.07) is 18.0. The van der Waals surface area contributed by atoms with Crippen molar-refractivity contribution in [3.05, 3.63) is 60.2 Å². The van der Waals surface area contributed by atoms with E-state index in [0.29, 0.717) is 38.9 Å². The van der Waals surface area contributed by atoms with E-state index in [-0.39, 0.29) is 11.9 Å². The Hall–Kier alpha value is -2.70. The van der Waals surface area contributed by atoms with E-state index in [9.17, 15) is 14.7 Å². The van der Waals surface area contributed by atoms with Crippen LogP contribution in [0.2, 0.25) is 0 Å². The lowest BCUT2D eigenvalue weighted by molar-refractivity contribution is -0.145. The number of ether oxygens (including phenoxy) is 2. The highest BCUT2D eigenvalue weighted by Crippen LogP contribution is 2.40. The van der Waals surface area contributed by atoms with Crippen molar-refractivity contribution in [1.29, 1.82) is 0 Å². The second kappa shape index (κ2) is 9.27. The molecular weight excluding hydrogens is 418 g/mol. The summed E-state index contributed by atoms with van der Waals surface area (Å²) < 4.78 is 11.0. The number of aliphatic hydroxyl groups is 1. The summed E-state index contributed by atoms with van der Waals surface area (Å²) >= 11 is 0. The first-order valence-electron chi connectivity index (χ1n) is 11.7. The van der Waals surface area contributed by atoms with Gasteiger partial charge in [0.15, 0.2) is 0 Å². The summed E-state index contributed by atoms with van der Waals surface area (Å²) in [6.07, 6.45) is 1.07. The molecule has 2 aromatic carbocycles. The van der Waals surface area contributed by atoms with Crippen molar-refractivity contribution in [2.75, 3.05) is 13.2 Å². The number of hydrogen-bond acceptors (Lipinski definition) is 5. The van der Waals surface area contributed by atoms with Gasteiger partial charge >= 0.3 is 6.09 Å². The number of nitrogens with zero attached hydrogens (tertiary/aromatic N) is 1. The molecule has 2 saturated heterocycles. The van der Waals surface area contributed by atoms with Crippen LogP contribution in [-0.2, 0) is 20.7 Å². The molecule has 2 aromatic rings. The molecule has 176 valence electrons. The molecule has 1 unspecified atom stereocenters. The monoisotopic (exact) mass is 451 g/mol. The number of amides is 2. The van der Waals surface area contributed by atoms with Gasteiger partial charge in [-0.3, -0.25) is 4.79 Å². The minimum atomic E-state index is -1.15. The van der Waals surface area contributed by atoms with Crippen LogP contribution in [0.1, 0.15) is 45.6 Å². The normalized spacial score (nSPS) is 22.9. The third-order valence-corrected chi connectivity index (χ3v) is 6.54. The zero-order valence-corrected chi connectivity index (χ0v) is 19.6. The van der Waals surface area contributed by atoms with Gasteiger partial charge in [0.2, 0.25) is 5.91 Å². The van der Waals surface area contributed by atoms with E-state index in [2.05, 4.69) is 24.3 Å². The molecule has 1 N–H and O–H groups in total. The quantitative estimate of drug-likeness (QED) is 0.736. The maximum absolute atomic E-state index is 13.4. The number of hydrogen-bond donors (Lipinski definition) is 1. The number of likely N-dealkylation sites (tertiary alicyclic amines) is 1. The third kappa shape index (κ3) is 5.28. The first-order valence-corrected chi connectivity index (χ1v) is 11.7. The van der Waals surface area contributed by atoms with E-state index in [1.165, 1.54) is 4.90 Å². The van der Waals surface area contributed by atoms with E-state index in [4.69, 9.17) is 9.47 Å². The predicted molar refractivity (Wildman–Crippen MR) is 126 cm³/mol. The van der Waals surface area contributed by atoms with Crippen LogP contribution in [0.25, 0.3) is 11.1 Å². The minimum absolute atomic E-state index is 0.348. The molecule has 2 aliphatic heterocycles. The zero-order chi connectivity index (χ0) is 23.6. The highest BCUT2D eigenvalue weighted by atomic mass is 16.6. The number of carbonyl (C=O) groups is 2. The number of rotatable bonds is 4. The Bertz CT molecular complexity index is 974. The fourth-order valence-electron chi connectivity index (χ4n) is 4.81. The predicted octanol–water partition coefficient (Wildman–Crippen LogP) is 4.59. The zero-order valence-electron chi connectivity index (χ0n) is 19.6. The van der Waals surface area contributed by atoms with Crippen molar-refractivity contribution >= 4 is 12.0 Å². The van der Waals surface area contributed by atoms with Gasteiger partial charge in [-0.1, -0.05) is 54.6 Å². The first-order chi connectivity index (χ1) is 15.7. The fraction of sp³-hybridized carbons (Fsp3) is 0.481. The molecule has 2 aliphatic rings. The Morgan fingerprint density at radius 3 is 2.27 bits per heavy atom. The van der Waals surface area contributed by atoms with Crippen LogP contribution in [0, 0.1) is 5.92 Å². The topological polar surface area (TPSA) is 76.1 Å². The van der Waals surface area contributed by atoms with Crippen LogP contribution in [0.5, 0.6) is 0 Å². The molecule has 2 amide bonds. The van der Waals surface area contributed by atoms with Crippen LogP contribution in [0.4, 0.5) is 4.79 Å². The Balaban J connectivity index is 1.57. The molecule has 2 fully saturated rings. The molecule has 2 heterocycles. The average Bonchev–Trinajstić information content (AvgIpc) is 3.11. The van der Waals surface area contributed by atoms with Gasteiger partial charge in [0.05, 0.1) is 11.5 Å². The SMILES string of the molecule is CC(C)(C)OC(=O)N1C(=O)C(C2(O)CCOCC2)C[C@H]1Cc1ccc(-c2ccccc2)cc1. The van der Waals surface area contributed by atoms with Crippen LogP contribution in [0.3, 0.4) is 0 Å². The van der Waals surface area contributed by atoms with E-state index in [1.54, 1.807) is 20.8 Å². The van der Waals surface area contributed by atoms with Gasteiger partial charge in [-0.2, -0.15) is 0 Å².